The molecule has 1 aliphatic rings. The van der Waals surface area contributed by atoms with Crippen LogP contribution < -0.4 is 21.1 Å². The lowest BCUT2D eigenvalue weighted by Crippen LogP contribution is -2.44. The van der Waals surface area contributed by atoms with Crippen LogP contribution in [0.2, 0.25) is 0 Å². The van der Waals surface area contributed by atoms with Crippen LogP contribution in [0.1, 0.15) is 17.3 Å². The van der Waals surface area contributed by atoms with E-state index < -0.39 is 22.8 Å². The predicted octanol–water partition coefficient (Wildman–Crippen LogP) is 0.812. The third-order valence-corrected chi connectivity index (χ3v) is 4.09. The lowest BCUT2D eigenvalue weighted by Gasteiger charge is -2.30. The highest BCUT2D eigenvalue weighted by atomic mass is 19.1. The highest BCUT2D eigenvalue weighted by molar-refractivity contribution is 5.93. The molecule has 7 nitrogen and oxygen atoms in total. The zero-order chi connectivity index (χ0) is 17.3. The molecule has 2 heterocycles. The van der Waals surface area contributed by atoms with E-state index in [1.165, 1.54) is 10.9 Å². The van der Waals surface area contributed by atoms with Crippen LogP contribution in [0.5, 0.6) is 0 Å². The minimum atomic E-state index is -1.33. The first-order valence-electron chi connectivity index (χ1n) is 7.84. The van der Waals surface area contributed by atoms with E-state index in [9.17, 15) is 19.1 Å². The van der Waals surface area contributed by atoms with Gasteiger partial charge in [-0.25, -0.2) is 9.18 Å². The fraction of sp³-hybridized carbons (Fsp3) is 0.375. The Morgan fingerprint density at radius 1 is 1.38 bits per heavy atom. The number of rotatable bonds is 4. The highest BCUT2D eigenvalue weighted by Crippen LogP contribution is 2.25. The van der Waals surface area contributed by atoms with Crippen molar-refractivity contribution in [2.75, 3.05) is 43.0 Å². The molecule has 0 aliphatic carbocycles. The summed E-state index contributed by atoms with van der Waals surface area (Å²) >= 11 is 0. The number of aromatic carboxylic acids is 1. The summed E-state index contributed by atoms with van der Waals surface area (Å²) in [7, 11) is 0. The monoisotopic (exact) mass is 334 g/mol. The summed E-state index contributed by atoms with van der Waals surface area (Å²) < 4.78 is 16.0. The van der Waals surface area contributed by atoms with Crippen LogP contribution in [-0.4, -0.2) is 48.5 Å². The van der Waals surface area contributed by atoms with Gasteiger partial charge in [0.15, 0.2) is 0 Å². The van der Waals surface area contributed by atoms with Gasteiger partial charge >= 0.3 is 5.97 Å². The topological polar surface area (TPSA) is 86.6 Å². The number of benzene rings is 1. The molecule has 0 spiro atoms. The molecule has 8 heteroatoms. The molecule has 1 fully saturated rings. The second kappa shape index (κ2) is 6.48. The number of fused-ring (bicyclic) bond motifs is 1. The van der Waals surface area contributed by atoms with Gasteiger partial charge in [0.2, 0.25) is 5.43 Å². The summed E-state index contributed by atoms with van der Waals surface area (Å²) in [5.74, 6) is -1.85. The Balaban J connectivity index is 2.24. The zero-order valence-corrected chi connectivity index (χ0v) is 13.3. The Kier molecular flexibility index (Phi) is 4.39. The summed E-state index contributed by atoms with van der Waals surface area (Å²) in [6, 6.07) is 2.74. The molecule has 0 atom stereocenters. The van der Waals surface area contributed by atoms with E-state index >= 15 is 0 Å². The molecule has 1 aliphatic heterocycles. The quantitative estimate of drug-likeness (QED) is 0.767. The lowest BCUT2D eigenvalue weighted by molar-refractivity contribution is 0.0695. The van der Waals surface area contributed by atoms with Crippen molar-refractivity contribution < 1.29 is 14.3 Å². The maximum absolute atomic E-state index is 14.6. The molecule has 24 heavy (non-hydrogen) atoms. The van der Waals surface area contributed by atoms with Crippen LogP contribution in [0.4, 0.5) is 10.1 Å². The highest BCUT2D eigenvalue weighted by Gasteiger charge is 2.20. The number of carboxylic acid groups (broad SMARTS) is 1. The maximum Gasteiger partial charge on any atom is 0.341 e. The van der Waals surface area contributed by atoms with Crippen molar-refractivity contribution in [1.29, 1.82) is 0 Å². The van der Waals surface area contributed by atoms with Crippen molar-refractivity contribution >= 4 is 22.6 Å². The fourth-order valence-electron chi connectivity index (χ4n) is 2.94. The van der Waals surface area contributed by atoms with E-state index in [0.29, 0.717) is 30.8 Å². The van der Waals surface area contributed by atoms with E-state index in [1.807, 2.05) is 11.8 Å². The number of anilines is 1. The van der Waals surface area contributed by atoms with Crippen molar-refractivity contribution in [2.24, 2.45) is 0 Å². The number of pyridine rings is 1. The molecular weight excluding hydrogens is 315 g/mol. The lowest BCUT2D eigenvalue weighted by atomic mass is 10.1. The van der Waals surface area contributed by atoms with E-state index in [2.05, 4.69) is 10.7 Å². The van der Waals surface area contributed by atoms with Crippen molar-refractivity contribution in [3.63, 3.8) is 0 Å². The minimum absolute atomic E-state index is 0.0484. The molecule has 1 saturated heterocycles. The number of hydrogen-bond acceptors (Lipinski definition) is 5. The van der Waals surface area contributed by atoms with Gasteiger partial charge in [0.1, 0.15) is 11.4 Å². The largest absolute Gasteiger partial charge is 0.477 e. The number of nitrogens with one attached hydrogen (secondary N) is 2. The first-order chi connectivity index (χ1) is 11.5. The van der Waals surface area contributed by atoms with Gasteiger partial charge in [-0.15, -0.1) is 0 Å². The molecule has 0 saturated carbocycles. The van der Waals surface area contributed by atoms with Crippen LogP contribution in [-0.2, 0) is 0 Å². The summed E-state index contributed by atoms with van der Waals surface area (Å²) in [5, 5.41) is 12.4. The molecule has 3 rings (SSSR count). The SMILES string of the molecule is CCNn1cc(C(=O)O)c(=O)c2cc(F)c(N3CCNCC3)cc21. The maximum atomic E-state index is 14.6. The summed E-state index contributed by atoms with van der Waals surface area (Å²) in [5.41, 5.74) is 2.78. The van der Waals surface area contributed by atoms with Crippen molar-refractivity contribution in [3.05, 3.63) is 39.9 Å². The molecule has 1 aromatic heterocycles. The summed E-state index contributed by atoms with van der Waals surface area (Å²) in [6.45, 7) is 5.23. The number of carboxylic acids is 1. The Bertz CT molecular complexity index is 843. The number of piperazine rings is 1. The molecule has 1 aromatic carbocycles. The standard InChI is InChI=1S/C16H19FN4O3/c1-2-19-21-9-11(16(23)24)15(22)10-7-12(17)14(8-13(10)21)20-5-3-18-4-6-20/h7-9,18-19H,2-6H2,1H3,(H,23,24). The first-order valence-corrected chi connectivity index (χ1v) is 7.84. The van der Waals surface area contributed by atoms with Gasteiger partial charge < -0.3 is 20.7 Å². The molecule has 0 unspecified atom stereocenters. The van der Waals surface area contributed by atoms with Gasteiger partial charge in [0, 0.05) is 38.9 Å². The second-order valence-corrected chi connectivity index (χ2v) is 5.62. The second-order valence-electron chi connectivity index (χ2n) is 5.62. The Hall–Kier alpha value is -2.61. The average molecular weight is 334 g/mol. The minimum Gasteiger partial charge on any atom is -0.477 e. The Morgan fingerprint density at radius 2 is 2.08 bits per heavy atom. The van der Waals surface area contributed by atoms with Crippen LogP contribution in [0.15, 0.2) is 23.1 Å². The van der Waals surface area contributed by atoms with Gasteiger partial charge in [0.25, 0.3) is 0 Å². The predicted molar refractivity (Wildman–Crippen MR) is 90.1 cm³/mol. The first kappa shape index (κ1) is 16.3. The number of aromatic nitrogens is 1. The van der Waals surface area contributed by atoms with Gasteiger partial charge in [-0.2, -0.15) is 0 Å². The number of hydrogen-bond donors (Lipinski definition) is 3. The Labute approximate surface area is 137 Å². The van der Waals surface area contributed by atoms with Crippen LogP contribution in [0, 0.1) is 5.82 Å². The van der Waals surface area contributed by atoms with Gasteiger partial charge in [-0.05, 0) is 19.1 Å². The normalized spacial score (nSPS) is 14.8. The fourth-order valence-corrected chi connectivity index (χ4v) is 2.94. The van der Waals surface area contributed by atoms with Crippen molar-refractivity contribution in [2.45, 2.75) is 6.92 Å². The third-order valence-electron chi connectivity index (χ3n) is 4.09. The van der Waals surface area contributed by atoms with Crippen LogP contribution in [0.3, 0.4) is 0 Å². The van der Waals surface area contributed by atoms with Crippen LogP contribution >= 0.6 is 0 Å². The van der Waals surface area contributed by atoms with Crippen molar-refractivity contribution in [1.82, 2.24) is 9.99 Å². The number of halogens is 1. The summed E-state index contributed by atoms with van der Waals surface area (Å²) in [6.07, 6.45) is 1.25. The van der Waals surface area contributed by atoms with Crippen LogP contribution in [0.25, 0.3) is 10.9 Å². The van der Waals surface area contributed by atoms with E-state index in [-0.39, 0.29) is 5.39 Å². The van der Waals surface area contributed by atoms with Gasteiger partial charge in [-0.1, -0.05) is 0 Å². The zero-order valence-electron chi connectivity index (χ0n) is 13.3. The van der Waals surface area contributed by atoms with Crippen molar-refractivity contribution in [3.8, 4) is 0 Å². The smallest absolute Gasteiger partial charge is 0.341 e. The summed E-state index contributed by atoms with van der Waals surface area (Å²) in [4.78, 5) is 25.5. The molecule has 128 valence electrons. The van der Waals surface area contributed by atoms with E-state index in [0.717, 1.165) is 19.2 Å². The molecule has 2 aromatic rings. The molecule has 3 N–H and O–H groups in total. The van der Waals surface area contributed by atoms with Gasteiger partial charge in [-0.3, -0.25) is 9.47 Å². The average Bonchev–Trinajstić information content (AvgIpc) is 2.57. The van der Waals surface area contributed by atoms with E-state index in [1.54, 1.807) is 6.07 Å². The Morgan fingerprint density at radius 3 is 2.71 bits per heavy atom. The van der Waals surface area contributed by atoms with E-state index in [4.69, 9.17) is 0 Å². The molecular formula is C16H19FN4O3. The number of carbonyl (C=O) groups is 1. The molecule has 0 radical (unpaired) electrons. The van der Waals surface area contributed by atoms with Gasteiger partial charge in [0.05, 0.1) is 16.6 Å². The molecule has 0 bridgehead atoms. The number of nitrogens with zero attached hydrogens (tertiary/aromatic N) is 2. The third kappa shape index (κ3) is 2.80. The molecule has 0 amide bonds.